The standard InChI is InChI=1S/C17H14INO2/c18-19-16(20)14-12-8-4-1-2-5-9(8)13(15(14)17(19)21)11-7-3-6-10(11)12/h1-2,4-15H. The Morgan fingerprint density at radius 1 is 0.857 bits per heavy atom. The van der Waals surface area contributed by atoms with E-state index in [0.29, 0.717) is 23.7 Å². The Labute approximate surface area is 136 Å². The van der Waals surface area contributed by atoms with E-state index in [-0.39, 0.29) is 35.5 Å². The van der Waals surface area contributed by atoms with Crippen LogP contribution in [0, 0.1) is 47.3 Å². The molecule has 8 atom stereocenters. The summed E-state index contributed by atoms with van der Waals surface area (Å²) in [6.45, 7) is 0. The summed E-state index contributed by atoms with van der Waals surface area (Å²) < 4.78 is 1.35. The minimum absolute atomic E-state index is 0.0285. The van der Waals surface area contributed by atoms with Crippen LogP contribution in [0.15, 0.2) is 42.2 Å². The van der Waals surface area contributed by atoms with E-state index in [9.17, 15) is 9.59 Å². The highest BCUT2D eigenvalue weighted by molar-refractivity contribution is 14.1. The molecule has 0 radical (unpaired) electrons. The van der Waals surface area contributed by atoms with Gasteiger partial charge >= 0.3 is 0 Å². The minimum Gasteiger partial charge on any atom is -0.273 e. The normalized spacial score (nSPS) is 51.6. The van der Waals surface area contributed by atoms with E-state index in [1.54, 1.807) is 0 Å². The molecule has 1 saturated heterocycles. The van der Waals surface area contributed by atoms with Gasteiger partial charge in [-0.1, -0.05) is 24.3 Å². The van der Waals surface area contributed by atoms with Gasteiger partial charge in [-0.3, -0.25) is 9.59 Å². The highest BCUT2D eigenvalue weighted by atomic mass is 127. The highest BCUT2D eigenvalue weighted by Crippen LogP contribution is 2.65. The Morgan fingerprint density at radius 3 is 1.81 bits per heavy atom. The molecule has 1 heterocycles. The van der Waals surface area contributed by atoms with Crippen LogP contribution in [-0.2, 0) is 9.59 Å². The van der Waals surface area contributed by atoms with Gasteiger partial charge in [0.25, 0.3) is 0 Å². The smallest absolute Gasteiger partial charge is 0.242 e. The van der Waals surface area contributed by atoms with Gasteiger partial charge in [0.2, 0.25) is 11.8 Å². The number of hydrogen-bond acceptors (Lipinski definition) is 2. The molecule has 106 valence electrons. The second kappa shape index (κ2) is 3.99. The molecule has 3 saturated carbocycles. The fourth-order valence-corrected chi connectivity index (χ4v) is 6.25. The fraction of sp³-hybridized carbons (Fsp3) is 0.471. The van der Waals surface area contributed by atoms with Crippen molar-refractivity contribution in [2.75, 3.05) is 0 Å². The van der Waals surface area contributed by atoms with Gasteiger partial charge in [-0.25, -0.2) is 3.11 Å². The quantitative estimate of drug-likeness (QED) is 0.276. The summed E-state index contributed by atoms with van der Waals surface area (Å²) in [5, 5.41) is 0. The molecule has 2 bridgehead atoms. The largest absolute Gasteiger partial charge is 0.273 e. The Hall–Kier alpha value is -1.13. The van der Waals surface area contributed by atoms with Crippen molar-refractivity contribution in [2.45, 2.75) is 0 Å². The second-order valence-corrected chi connectivity index (χ2v) is 7.71. The van der Waals surface area contributed by atoms with Crippen LogP contribution in [0.3, 0.4) is 0 Å². The van der Waals surface area contributed by atoms with Gasteiger partial charge in [-0.05, 0) is 47.7 Å². The van der Waals surface area contributed by atoms with E-state index in [0.717, 1.165) is 0 Å². The van der Waals surface area contributed by atoms with Crippen LogP contribution in [0.5, 0.6) is 0 Å². The maximum Gasteiger partial charge on any atom is 0.242 e. The van der Waals surface area contributed by atoms with Gasteiger partial charge in [-0.15, -0.1) is 5.73 Å². The zero-order chi connectivity index (χ0) is 14.3. The number of amides is 2. The van der Waals surface area contributed by atoms with Crippen molar-refractivity contribution in [3.63, 3.8) is 0 Å². The third kappa shape index (κ3) is 1.32. The lowest BCUT2D eigenvalue weighted by molar-refractivity contribution is -0.143. The molecule has 0 aromatic heterocycles. The molecule has 2 amide bonds. The Balaban J connectivity index is 1.71. The lowest BCUT2D eigenvalue weighted by Crippen LogP contribution is -2.58. The molecule has 4 fully saturated rings. The Kier molecular flexibility index (Phi) is 2.36. The summed E-state index contributed by atoms with van der Waals surface area (Å²) in [6, 6.07) is 0. The number of rotatable bonds is 0. The highest BCUT2D eigenvalue weighted by Gasteiger charge is 2.68. The topological polar surface area (TPSA) is 37.4 Å². The first kappa shape index (κ1) is 12.4. The number of halogens is 1. The molecular weight excluding hydrogens is 377 g/mol. The molecule has 0 spiro atoms. The Bertz CT molecular complexity index is 633. The molecule has 4 heteroatoms. The molecular formula is C17H14INO2. The third-order valence-electron chi connectivity index (χ3n) is 6.20. The maximum atomic E-state index is 12.6. The Morgan fingerprint density at radius 2 is 1.33 bits per heavy atom. The van der Waals surface area contributed by atoms with Crippen LogP contribution < -0.4 is 0 Å². The van der Waals surface area contributed by atoms with Crippen LogP contribution >= 0.6 is 22.9 Å². The lowest BCUT2D eigenvalue weighted by atomic mass is 9.44. The average molecular weight is 391 g/mol. The molecule has 0 aromatic carbocycles. The number of carbonyl (C=O) groups excluding carboxylic acids is 2. The summed E-state index contributed by atoms with van der Waals surface area (Å²) in [6.07, 6.45) is 13.0. The van der Waals surface area contributed by atoms with Crippen LogP contribution in [0.25, 0.3) is 0 Å². The van der Waals surface area contributed by atoms with Crippen molar-refractivity contribution in [1.29, 1.82) is 0 Å². The predicted molar refractivity (Wildman–Crippen MR) is 84.7 cm³/mol. The summed E-state index contributed by atoms with van der Waals surface area (Å²) in [7, 11) is 0. The van der Waals surface area contributed by atoms with Gasteiger partial charge < -0.3 is 0 Å². The van der Waals surface area contributed by atoms with Crippen LogP contribution in [0.4, 0.5) is 0 Å². The maximum absolute atomic E-state index is 12.6. The first-order valence-corrected chi connectivity index (χ1v) is 8.48. The van der Waals surface area contributed by atoms with Crippen molar-refractivity contribution in [3.05, 3.63) is 42.2 Å². The SMILES string of the molecule is O=C1C2C(C(=O)N1I)C1C3C=C=CC3C2C2C=CC=CC21. The number of nitrogens with zero attached hydrogens (tertiary/aromatic N) is 1. The van der Waals surface area contributed by atoms with Crippen molar-refractivity contribution in [1.82, 2.24) is 3.11 Å². The monoisotopic (exact) mass is 391 g/mol. The second-order valence-electron chi connectivity index (χ2n) is 6.74. The molecule has 21 heavy (non-hydrogen) atoms. The summed E-state index contributed by atoms with van der Waals surface area (Å²) in [4.78, 5) is 25.2. The molecule has 5 aliphatic carbocycles. The van der Waals surface area contributed by atoms with Crippen LogP contribution in [0.2, 0.25) is 0 Å². The zero-order valence-corrected chi connectivity index (χ0v) is 13.4. The van der Waals surface area contributed by atoms with Crippen molar-refractivity contribution in [3.8, 4) is 0 Å². The van der Waals surface area contributed by atoms with E-state index in [1.165, 1.54) is 3.11 Å². The number of hydrogen-bond donors (Lipinski definition) is 0. The van der Waals surface area contributed by atoms with Gasteiger partial charge in [0.05, 0.1) is 34.7 Å². The van der Waals surface area contributed by atoms with Gasteiger partial charge in [0.15, 0.2) is 0 Å². The molecule has 8 unspecified atom stereocenters. The molecule has 3 nitrogen and oxygen atoms in total. The predicted octanol–water partition coefficient (Wildman–Crippen LogP) is 2.51. The average Bonchev–Trinajstić information content (AvgIpc) is 3.09. The van der Waals surface area contributed by atoms with Crippen molar-refractivity contribution < 1.29 is 9.59 Å². The van der Waals surface area contributed by atoms with E-state index in [2.05, 4.69) is 42.2 Å². The number of imide groups is 1. The van der Waals surface area contributed by atoms with Crippen LogP contribution in [-0.4, -0.2) is 14.9 Å². The van der Waals surface area contributed by atoms with Gasteiger partial charge in [0, 0.05) is 0 Å². The van der Waals surface area contributed by atoms with Crippen molar-refractivity contribution in [2.24, 2.45) is 47.3 Å². The molecule has 6 aliphatic rings. The van der Waals surface area contributed by atoms with Crippen LogP contribution in [0.1, 0.15) is 0 Å². The summed E-state index contributed by atoms with van der Waals surface area (Å²) in [5.41, 5.74) is 3.27. The van der Waals surface area contributed by atoms with E-state index in [4.69, 9.17) is 0 Å². The summed E-state index contributed by atoms with van der Waals surface area (Å²) in [5.74, 6) is 1.86. The molecule has 1 aliphatic heterocycles. The van der Waals surface area contributed by atoms with Gasteiger partial charge in [-0.2, -0.15) is 0 Å². The third-order valence-corrected chi connectivity index (χ3v) is 7.15. The zero-order valence-electron chi connectivity index (χ0n) is 11.2. The first-order chi connectivity index (χ1) is 10.2. The summed E-state index contributed by atoms with van der Waals surface area (Å²) >= 11 is 1.90. The van der Waals surface area contributed by atoms with E-state index < -0.39 is 0 Å². The van der Waals surface area contributed by atoms with Gasteiger partial charge in [0.1, 0.15) is 0 Å². The van der Waals surface area contributed by atoms with Crippen molar-refractivity contribution >= 4 is 34.7 Å². The number of carbonyl (C=O) groups is 2. The van der Waals surface area contributed by atoms with E-state index >= 15 is 0 Å². The molecule has 0 N–H and O–H groups in total. The number of allylic oxidation sites excluding steroid dienone is 5. The van der Waals surface area contributed by atoms with E-state index in [1.807, 2.05) is 22.9 Å². The fourth-order valence-electron chi connectivity index (χ4n) is 5.60. The first-order valence-electron chi connectivity index (χ1n) is 7.51. The molecule has 0 aromatic rings. The lowest BCUT2D eigenvalue weighted by Gasteiger charge is -2.57. The molecule has 6 rings (SSSR count). The minimum atomic E-state index is -0.123.